The zero-order valence-electron chi connectivity index (χ0n) is 15.5. The molecule has 146 valence electrons. The third-order valence-electron chi connectivity index (χ3n) is 5.39. The predicted molar refractivity (Wildman–Crippen MR) is 107 cm³/mol. The standard InChI is InChI=1S/C22H22ClFN2O2/c23-20-7-2-1-6-19(20)21-12-18(28-25-21)14-26(22(27)16-4-3-5-16)13-15-8-10-17(24)11-9-15/h1-2,6-11,16,18H,3-5,12-14H2/t18-/m0/s1. The fourth-order valence-electron chi connectivity index (χ4n) is 3.58. The molecule has 1 saturated carbocycles. The second-order valence-electron chi connectivity index (χ2n) is 7.42. The lowest BCUT2D eigenvalue weighted by atomic mass is 9.84. The molecule has 2 aromatic carbocycles. The van der Waals surface area contributed by atoms with Crippen LogP contribution in [0.4, 0.5) is 4.39 Å². The Hall–Kier alpha value is -2.40. The highest BCUT2D eigenvalue weighted by atomic mass is 35.5. The van der Waals surface area contributed by atoms with E-state index in [-0.39, 0.29) is 23.7 Å². The van der Waals surface area contributed by atoms with Crippen LogP contribution in [0.3, 0.4) is 0 Å². The summed E-state index contributed by atoms with van der Waals surface area (Å²) < 4.78 is 13.2. The average Bonchev–Trinajstić information content (AvgIpc) is 3.10. The molecular weight excluding hydrogens is 379 g/mol. The van der Waals surface area contributed by atoms with E-state index in [0.29, 0.717) is 24.5 Å². The summed E-state index contributed by atoms with van der Waals surface area (Å²) in [5, 5.41) is 4.84. The van der Waals surface area contributed by atoms with Gasteiger partial charge in [-0.25, -0.2) is 4.39 Å². The van der Waals surface area contributed by atoms with Crippen molar-refractivity contribution in [3.63, 3.8) is 0 Å². The van der Waals surface area contributed by atoms with Crippen LogP contribution in [-0.2, 0) is 16.2 Å². The molecule has 0 saturated heterocycles. The van der Waals surface area contributed by atoms with Crippen LogP contribution in [0, 0.1) is 11.7 Å². The van der Waals surface area contributed by atoms with E-state index in [2.05, 4.69) is 5.16 Å². The largest absolute Gasteiger partial charge is 0.390 e. The molecule has 1 heterocycles. The van der Waals surface area contributed by atoms with Gasteiger partial charge in [-0.15, -0.1) is 0 Å². The van der Waals surface area contributed by atoms with E-state index in [1.165, 1.54) is 12.1 Å². The molecule has 2 aromatic rings. The Kier molecular flexibility index (Phi) is 5.62. The molecule has 1 aliphatic carbocycles. The van der Waals surface area contributed by atoms with Gasteiger partial charge in [-0.1, -0.05) is 53.5 Å². The minimum Gasteiger partial charge on any atom is -0.390 e. The molecule has 0 unspecified atom stereocenters. The number of benzene rings is 2. The van der Waals surface area contributed by atoms with Crippen molar-refractivity contribution in [3.05, 3.63) is 70.5 Å². The maximum atomic E-state index is 13.2. The molecular formula is C22H22ClFN2O2. The van der Waals surface area contributed by atoms with Crippen LogP contribution in [0.25, 0.3) is 0 Å². The lowest BCUT2D eigenvalue weighted by Gasteiger charge is -2.32. The van der Waals surface area contributed by atoms with Gasteiger partial charge in [0.05, 0.1) is 12.3 Å². The van der Waals surface area contributed by atoms with Crippen LogP contribution in [0.1, 0.15) is 36.8 Å². The van der Waals surface area contributed by atoms with Gasteiger partial charge >= 0.3 is 0 Å². The fourth-order valence-corrected chi connectivity index (χ4v) is 3.83. The van der Waals surface area contributed by atoms with Crippen LogP contribution >= 0.6 is 11.6 Å². The van der Waals surface area contributed by atoms with Crippen molar-refractivity contribution in [2.45, 2.75) is 38.3 Å². The number of hydrogen-bond acceptors (Lipinski definition) is 3. The Morgan fingerprint density at radius 3 is 2.61 bits per heavy atom. The molecule has 2 aliphatic rings. The number of amides is 1. The number of hydrogen-bond donors (Lipinski definition) is 0. The van der Waals surface area contributed by atoms with Crippen molar-refractivity contribution in [2.75, 3.05) is 6.54 Å². The van der Waals surface area contributed by atoms with Gasteiger partial charge in [0.1, 0.15) is 5.82 Å². The molecule has 1 fully saturated rings. The second kappa shape index (κ2) is 8.31. The summed E-state index contributed by atoms with van der Waals surface area (Å²) in [5.41, 5.74) is 2.56. The Morgan fingerprint density at radius 1 is 1.18 bits per heavy atom. The van der Waals surface area contributed by atoms with Gasteiger partial charge < -0.3 is 9.74 Å². The van der Waals surface area contributed by atoms with Crippen LogP contribution in [0.2, 0.25) is 5.02 Å². The molecule has 0 spiro atoms. The van der Waals surface area contributed by atoms with Gasteiger partial charge in [0.15, 0.2) is 6.10 Å². The van der Waals surface area contributed by atoms with Crippen molar-refractivity contribution >= 4 is 23.2 Å². The molecule has 0 bridgehead atoms. The van der Waals surface area contributed by atoms with E-state index in [9.17, 15) is 9.18 Å². The van der Waals surface area contributed by atoms with Crippen molar-refractivity contribution in [2.24, 2.45) is 11.1 Å². The molecule has 1 aliphatic heterocycles. The Bertz CT molecular complexity index is 880. The first kappa shape index (κ1) is 18.9. The Balaban J connectivity index is 1.44. The zero-order valence-corrected chi connectivity index (χ0v) is 16.2. The van der Waals surface area contributed by atoms with Gasteiger partial charge in [0.2, 0.25) is 5.91 Å². The van der Waals surface area contributed by atoms with Crippen molar-refractivity contribution in [1.82, 2.24) is 4.90 Å². The highest BCUT2D eigenvalue weighted by molar-refractivity contribution is 6.34. The maximum absolute atomic E-state index is 13.2. The second-order valence-corrected chi connectivity index (χ2v) is 7.83. The van der Waals surface area contributed by atoms with Gasteiger partial charge in [-0.3, -0.25) is 4.79 Å². The topological polar surface area (TPSA) is 41.9 Å². The van der Waals surface area contributed by atoms with Crippen LogP contribution in [0.5, 0.6) is 0 Å². The predicted octanol–water partition coefficient (Wildman–Crippen LogP) is 4.80. The van der Waals surface area contributed by atoms with Crippen molar-refractivity contribution in [1.29, 1.82) is 0 Å². The summed E-state index contributed by atoms with van der Waals surface area (Å²) in [7, 11) is 0. The number of carbonyl (C=O) groups is 1. The fraction of sp³-hybridized carbons (Fsp3) is 0.364. The number of nitrogens with zero attached hydrogens (tertiary/aromatic N) is 2. The quantitative estimate of drug-likeness (QED) is 0.698. The minimum atomic E-state index is -0.280. The maximum Gasteiger partial charge on any atom is 0.226 e. The first-order valence-corrected chi connectivity index (χ1v) is 9.99. The number of halogens is 2. The zero-order chi connectivity index (χ0) is 19.5. The number of carbonyl (C=O) groups excluding carboxylic acids is 1. The summed E-state index contributed by atoms with van der Waals surface area (Å²) in [6, 6.07) is 13.8. The van der Waals surface area contributed by atoms with Crippen molar-refractivity contribution in [3.8, 4) is 0 Å². The first-order valence-electron chi connectivity index (χ1n) is 9.61. The van der Waals surface area contributed by atoms with E-state index in [4.69, 9.17) is 16.4 Å². The first-order chi connectivity index (χ1) is 13.6. The summed E-state index contributed by atoms with van der Waals surface area (Å²) in [5.74, 6) is -0.0475. The molecule has 0 N–H and O–H groups in total. The van der Waals surface area contributed by atoms with Crippen LogP contribution in [0.15, 0.2) is 53.7 Å². The van der Waals surface area contributed by atoms with Crippen LogP contribution < -0.4 is 0 Å². The molecule has 6 heteroatoms. The highest BCUT2D eigenvalue weighted by Crippen LogP contribution is 2.30. The summed E-state index contributed by atoms with van der Waals surface area (Å²) in [4.78, 5) is 20.4. The summed E-state index contributed by atoms with van der Waals surface area (Å²) in [6.45, 7) is 0.890. The molecule has 0 radical (unpaired) electrons. The van der Waals surface area contributed by atoms with Crippen LogP contribution in [-0.4, -0.2) is 29.2 Å². The van der Waals surface area contributed by atoms with Gasteiger partial charge in [0.25, 0.3) is 0 Å². The molecule has 0 aromatic heterocycles. The molecule has 1 amide bonds. The molecule has 28 heavy (non-hydrogen) atoms. The van der Waals surface area contributed by atoms with E-state index >= 15 is 0 Å². The van der Waals surface area contributed by atoms with Gasteiger partial charge in [-0.2, -0.15) is 0 Å². The SMILES string of the molecule is O=C(C1CCC1)N(Cc1ccc(F)cc1)C[C@@H]1CC(c2ccccc2Cl)=NO1. The molecule has 4 nitrogen and oxygen atoms in total. The van der Waals surface area contributed by atoms with E-state index in [1.807, 2.05) is 29.2 Å². The summed E-state index contributed by atoms with van der Waals surface area (Å²) in [6.07, 6.45) is 3.36. The lowest BCUT2D eigenvalue weighted by Crippen LogP contribution is -2.42. The third kappa shape index (κ3) is 4.20. The normalized spacial score (nSPS) is 18.9. The van der Waals surface area contributed by atoms with Gasteiger partial charge in [0, 0.05) is 29.5 Å². The molecule has 4 rings (SSSR count). The minimum absolute atomic E-state index is 0.0887. The summed E-state index contributed by atoms with van der Waals surface area (Å²) >= 11 is 6.26. The highest BCUT2D eigenvalue weighted by Gasteiger charge is 2.33. The van der Waals surface area contributed by atoms with E-state index < -0.39 is 0 Å². The Labute approximate surface area is 168 Å². The van der Waals surface area contributed by atoms with E-state index in [1.54, 1.807) is 12.1 Å². The van der Waals surface area contributed by atoms with Gasteiger partial charge in [-0.05, 0) is 36.6 Å². The molecule has 1 atom stereocenters. The van der Waals surface area contributed by atoms with E-state index in [0.717, 1.165) is 36.1 Å². The Morgan fingerprint density at radius 2 is 1.93 bits per heavy atom. The smallest absolute Gasteiger partial charge is 0.226 e. The lowest BCUT2D eigenvalue weighted by molar-refractivity contribution is -0.140. The third-order valence-corrected chi connectivity index (χ3v) is 5.72. The number of rotatable bonds is 6. The monoisotopic (exact) mass is 400 g/mol. The average molecular weight is 401 g/mol. The number of oxime groups is 1. The van der Waals surface area contributed by atoms with Crippen molar-refractivity contribution < 1.29 is 14.0 Å².